The third-order valence-electron chi connectivity index (χ3n) is 4.99. The van der Waals surface area contributed by atoms with Gasteiger partial charge in [-0.05, 0) is 50.5 Å². The normalized spacial score (nSPS) is 15.6. The van der Waals surface area contributed by atoms with Crippen LogP contribution in [-0.4, -0.2) is 32.1 Å². The number of rotatable bonds is 8. The number of H-pyrrole nitrogens is 1. The van der Waals surface area contributed by atoms with Gasteiger partial charge in [-0.2, -0.15) is 0 Å². The van der Waals surface area contributed by atoms with Gasteiger partial charge in [0.25, 0.3) is 0 Å². The van der Waals surface area contributed by atoms with Crippen LogP contribution in [0, 0.1) is 5.92 Å². The van der Waals surface area contributed by atoms with Gasteiger partial charge in [-0.1, -0.05) is 37.4 Å². The summed E-state index contributed by atoms with van der Waals surface area (Å²) in [6, 6.07) is 6.89. The van der Waals surface area contributed by atoms with E-state index in [1.54, 1.807) is 24.3 Å². The SMILES string of the molecule is CC(=O)c1ccc(NC(=O)[C@@H](C)Sc2n[nH]c(CCC3CCCC3)n2)cc1. The number of aryl methyl sites for hydroxylation is 1. The Balaban J connectivity index is 1.48. The van der Waals surface area contributed by atoms with Crippen molar-refractivity contribution < 1.29 is 9.59 Å². The Kier molecular flexibility index (Phi) is 6.66. The highest BCUT2D eigenvalue weighted by atomic mass is 32.2. The fourth-order valence-electron chi connectivity index (χ4n) is 3.33. The molecule has 0 unspecified atom stereocenters. The highest BCUT2D eigenvalue weighted by molar-refractivity contribution is 8.00. The summed E-state index contributed by atoms with van der Waals surface area (Å²) in [5, 5.41) is 10.4. The van der Waals surface area contributed by atoms with Crippen molar-refractivity contribution in [3.05, 3.63) is 35.7 Å². The van der Waals surface area contributed by atoms with Gasteiger partial charge in [-0.3, -0.25) is 14.7 Å². The molecule has 1 aromatic heterocycles. The molecule has 0 spiro atoms. The van der Waals surface area contributed by atoms with Crippen molar-refractivity contribution in [1.29, 1.82) is 0 Å². The number of nitrogens with zero attached hydrogens (tertiary/aromatic N) is 2. The number of aromatic nitrogens is 3. The van der Waals surface area contributed by atoms with Crippen LogP contribution in [0.25, 0.3) is 0 Å². The molecule has 2 aromatic rings. The predicted molar refractivity (Wildman–Crippen MR) is 107 cm³/mol. The summed E-state index contributed by atoms with van der Waals surface area (Å²) in [5.74, 6) is 1.61. The van der Waals surface area contributed by atoms with Gasteiger partial charge < -0.3 is 5.32 Å². The Labute approximate surface area is 163 Å². The van der Waals surface area contributed by atoms with Gasteiger partial charge in [0.1, 0.15) is 5.82 Å². The molecule has 3 rings (SSSR count). The molecular formula is C20H26N4O2S. The Morgan fingerprint density at radius 1 is 1.26 bits per heavy atom. The van der Waals surface area contributed by atoms with Crippen LogP contribution in [-0.2, 0) is 11.2 Å². The first-order chi connectivity index (χ1) is 13.0. The van der Waals surface area contributed by atoms with Crippen LogP contribution >= 0.6 is 11.8 Å². The largest absolute Gasteiger partial charge is 0.325 e. The summed E-state index contributed by atoms with van der Waals surface area (Å²) in [5.41, 5.74) is 1.30. The number of amides is 1. The standard InChI is InChI=1S/C20H26N4O2S/c1-13(25)16-8-10-17(11-9-16)21-19(26)14(2)27-20-22-18(23-24-20)12-7-15-5-3-4-6-15/h8-11,14-15H,3-7,12H2,1-2H3,(H,21,26)(H,22,23,24)/t14-/m1/s1. The summed E-state index contributed by atoms with van der Waals surface area (Å²) in [7, 11) is 0. The van der Waals surface area contributed by atoms with E-state index in [0.717, 1.165) is 24.6 Å². The number of nitrogens with one attached hydrogen (secondary N) is 2. The van der Waals surface area contributed by atoms with E-state index in [2.05, 4.69) is 20.5 Å². The van der Waals surface area contributed by atoms with Crippen molar-refractivity contribution in [2.75, 3.05) is 5.32 Å². The highest BCUT2D eigenvalue weighted by Crippen LogP contribution is 2.28. The van der Waals surface area contributed by atoms with Crippen molar-refractivity contribution in [2.24, 2.45) is 5.92 Å². The number of anilines is 1. The Morgan fingerprint density at radius 2 is 1.96 bits per heavy atom. The predicted octanol–water partition coefficient (Wildman–Crippen LogP) is 4.25. The van der Waals surface area contributed by atoms with E-state index in [1.807, 2.05) is 6.92 Å². The molecule has 1 fully saturated rings. The monoisotopic (exact) mass is 386 g/mol. The van der Waals surface area contributed by atoms with Crippen molar-refractivity contribution in [3.63, 3.8) is 0 Å². The quantitative estimate of drug-likeness (QED) is 0.523. The minimum absolute atomic E-state index is 0.00476. The average molecular weight is 387 g/mol. The number of carbonyl (C=O) groups is 2. The molecule has 0 aliphatic heterocycles. The third kappa shape index (κ3) is 5.66. The number of carbonyl (C=O) groups excluding carboxylic acids is 2. The van der Waals surface area contributed by atoms with Crippen LogP contribution in [0.1, 0.15) is 62.1 Å². The molecule has 1 atom stereocenters. The van der Waals surface area contributed by atoms with E-state index in [-0.39, 0.29) is 16.9 Å². The van der Waals surface area contributed by atoms with Crippen LogP contribution in [0.15, 0.2) is 29.4 Å². The summed E-state index contributed by atoms with van der Waals surface area (Å²) in [4.78, 5) is 28.2. The average Bonchev–Trinajstić information content (AvgIpc) is 3.32. The number of thioether (sulfide) groups is 1. The second-order valence-electron chi connectivity index (χ2n) is 7.14. The number of Topliss-reactive ketones (excluding diaryl/α,β-unsaturated/α-hetero) is 1. The van der Waals surface area contributed by atoms with E-state index in [0.29, 0.717) is 16.4 Å². The molecule has 0 saturated heterocycles. The first kappa shape index (κ1) is 19.6. The zero-order valence-electron chi connectivity index (χ0n) is 15.8. The fourth-order valence-corrected chi connectivity index (χ4v) is 4.07. The molecule has 0 radical (unpaired) electrons. The minimum Gasteiger partial charge on any atom is -0.325 e. The Hall–Kier alpha value is -2.15. The topological polar surface area (TPSA) is 87.7 Å². The molecule has 1 aromatic carbocycles. The Morgan fingerprint density at radius 3 is 2.63 bits per heavy atom. The van der Waals surface area contributed by atoms with Crippen LogP contribution in [0.2, 0.25) is 0 Å². The smallest absolute Gasteiger partial charge is 0.237 e. The number of benzene rings is 1. The maximum atomic E-state index is 12.4. The third-order valence-corrected chi connectivity index (χ3v) is 5.95. The number of hydrogen-bond acceptors (Lipinski definition) is 5. The van der Waals surface area contributed by atoms with Gasteiger partial charge in [-0.15, -0.1) is 5.10 Å². The summed E-state index contributed by atoms with van der Waals surface area (Å²) in [6.45, 7) is 3.35. The lowest BCUT2D eigenvalue weighted by Crippen LogP contribution is -2.22. The second-order valence-corrected chi connectivity index (χ2v) is 8.44. The van der Waals surface area contributed by atoms with Crippen molar-refractivity contribution >= 4 is 29.1 Å². The van der Waals surface area contributed by atoms with Gasteiger partial charge in [0, 0.05) is 17.7 Å². The first-order valence-electron chi connectivity index (χ1n) is 9.51. The zero-order valence-corrected chi connectivity index (χ0v) is 16.6. The summed E-state index contributed by atoms with van der Waals surface area (Å²) >= 11 is 1.34. The van der Waals surface area contributed by atoms with Gasteiger partial charge in [0.15, 0.2) is 5.78 Å². The van der Waals surface area contributed by atoms with Crippen LogP contribution in [0.5, 0.6) is 0 Å². The van der Waals surface area contributed by atoms with Gasteiger partial charge in [-0.25, -0.2) is 4.98 Å². The molecule has 1 saturated carbocycles. The highest BCUT2D eigenvalue weighted by Gasteiger charge is 2.19. The molecule has 27 heavy (non-hydrogen) atoms. The van der Waals surface area contributed by atoms with Crippen LogP contribution in [0.4, 0.5) is 5.69 Å². The first-order valence-corrected chi connectivity index (χ1v) is 10.4. The summed E-state index contributed by atoms with van der Waals surface area (Å²) in [6.07, 6.45) is 7.45. The van der Waals surface area contributed by atoms with Crippen LogP contribution < -0.4 is 5.32 Å². The molecule has 144 valence electrons. The molecule has 0 bridgehead atoms. The maximum Gasteiger partial charge on any atom is 0.237 e. The molecule has 2 N–H and O–H groups in total. The zero-order chi connectivity index (χ0) is 19.2. The van der Waals surface area contributed by atoms with E-state index < -0.39 is 0 Å². The molecule has 1 heterocycles. The van der Waals surface area contributed by atoms with E-state index in [4.69, 9.17) is 0 Å². The molecule has 7 heteroatoms. The fraction of sp³-hybridized carbons (Fsp3) is 0.500. The molecule has 1 aliphatic carbocycles. The Bertz CT molecular complexity index is 782. The molecule has 1 amide bonds. The van der Waals surface area contributed by atoms with Gasteiger partial charge >= 0.3 is 0 Å². The second kappa shape index (κ2) is 9.17. The van der Waals surface area contributed by atoms with Gasteiger partial charge in [0.05, 0.1) is 5.25 Å². The van der Waals surface area contributed by atoms with Crippen molar-refractivity contribution in [3.8, 4) is 0 Å². The molecular weight excluding hydrogens is 360 g/mol. The van der Waals surface area contributed by atoms with Gasteiger partial charge in [0.2, 0.25) is 11.1 Å². The number of ketones is 1. The van der Waals surface area contributed by atoms with E-state index in [1.165, 1.54) is 44.4 Å². The van der Waals surface area contributed by atoms with E-state index in [9.17, 15) is 9.59 Å². The lowest BCUT2D eigenvalue weighted by molar-refractivity contribution is -0.115. The van der Waals surface area contributed by atoms with Crippen molar-refractivity contribution in [1.82, 2.24) is 15.2 Å². The van der Waals surface area contributed by atoms with E-state index >= 15 is 0 Å². The summed E-state index contributed by atoms with van der Waals surface area (Å²) < 4.78 is 0. The van der Waals surface area contributed by atoms with Crippen LogP contribution in [0.3, 0.4) is 0 Å². The maximum absolute atomic E-state index is 12.4. The minimum atomic E-state index is -0.323. The molecule has 1 aliphatic rings. The lowest BCUT2D eigenvalue weighted by atomic mass is 10.0. The van der Waals surface area contributed by atoms with Crippen molar-refractivity contribution in [2.45, 2.75) is 62.8 Å². The number of aromatic amines is 1. The lowest BCUT2D eigenvalue weighted by Gasteiger charge is -2.10. The number of hydrogen-bond donors (Lipinski definition) is 2. The molecule has 6 nitrogen and oxygen atoms in total.